The van der Waals surface area contributed by atoms with Gasteiger partial charge in [-0.25, -0.2) is 4.39 Å². The highest BCUT2D eigenvalue weighted by atomic mass is 35.5. The molecule has 2 heterocycles. The van der Waals surface area contributed by atoms with Crippen LogP contribution in [-0.2, 0) is 6.54 Å². The number of amides is 1. The first kappa shape index (κ1) is 24.8. The van der Waals surface area contributed by atoms with E-state index in [1.807, 2.05) is 31.2 Å². The Labute approximate surface area is 219 Å². The highest BCUT2D eigenvalue weighted by Gasteiger charge is 2.42. The molecular formula is C29H27ClFN3O3. The van der Waals surface area contributed by atoms with Crippen molar-refractivity contribution in [1.82, 2.24) is 15.1 Å². The van der Waals surface area contributed by atoms with Crippen molar-refractivity contribution in [3.63, 3.8) is 0 Å². The first-order chi connectivity index (χ1) is 17.9. The number of carbonyl (C=O) groups excluding carboxylic acids is 1. The number of phenolic OH excluding ortho intramolecular Hbond substituents is 1. The highest BCUT2D eigenvalue weighted by Crippen LogP contribution is 2.46. The molecule has 0 saturated heterocycles. The number of aromatic amines is 1. The molecule has 3 aromatic carbocycles. The number of benzene rings is 3. The Bertz CT molecular complexity index is 1450. The lowest BCUT2D eigenvalue weighted by Gasteiger charge is -2.27. The van der Waals surface area contributed by atoms with Crippen LogP contribution in [-0.4, -0.2) is 32.7 Å². The summed E-state index contributed by atoms with van der Waals surface area (Å²) >= 11 is 6.39. The van der Waals surface area contributed by atoms with Crippen LogP contribution in [0.1, 0.15) is 58.5 Å². The van der Waals surface area contributed by atoms with Crippen molar-refractivity contribution in [3.05, 3.63) is 99.5 Å². The molecule has 1 amide bonds. The van der Waals surface area contributed by atoms with E-state index in [2.05, 4.69) is 17.1 Å². The molecule has 0 fully saturated rings. The predicted molar refractivity (Wildman–Crippen MR) is 140 cm³/mol. The second kappa shape index (κ2) is 10.3. The van der Waals surface area contributed by atoms with Crippen LogP contribution in [0.2, 0.25) is 5.02 Å². The van der Waals surface area contributed by atoms with Gasteiger partial charge in [0, 0.05) is 22.7 Å². The van der Waals surface area contributed by atoms with Crippen LogP contribution in [0.3, 0.4) is 0 Å². The number of phenols is 1. The fourth-order valence-electron chi connectivity index (χ4n) is 4.66. The molecule has 0 spiro atoms. The fraction of sp³-hybridized carbons (Fsp3) is 0.241. The lowest BCUT2D eigenvalue weighted by atomic mass is 9.95. The van der Waals surface area contributed by atoms with Crippen molar-refractivity contribution >= 4 is 17.5 Å². The maximum atomic E-state index is 13.7. The van der Waals surface area contributed by atoms with Gasteiger partial charge < -0.3 is 14.7 Å². The summed E-state index contributed by atoms with van der Waals surface area (Å²) in [6, 6.07) is 16.5. The lowest BCUT2D eigenvalue weighted by molar-refractivity contribution is 0.0730. The molecule has 1 unspecified atom stereocenters. The van der Waals surface area contributed by atoms with Crippen molar-refractivity contribution in [2.45, 2.75) is 39.3 Å². The molecule has 1 aliphatic rings. The van der Waals surface area contributed by atoms with Gasteiger partial charge in [0.25, 0.3) is 5.91 Å². The third-order valence-electron chi connectivity index (χ3n) is 6.60. The standard InChI is InChI=1S/C29H27ClFN3O3/c1-3-4-12-37-21-7-5-6-19(14-21)28-25-26(22-15-23(30)17(2)13-24(22)35)32-33-27(25)29(36)34(28)16-18-8-10-20(31)11-9-18/h5-11,13-15,28,35H,3-4,12,16H2,1-2H3,(H,32,33). The lowest BCUT2D eigenvalue weighted by Crippen LogP contribution is -2.29. The van der Waals surface area contributed by atoms with E-state index in [0.717, 1.165) is 29.5 Å². The van der Waals surface area contributed by atoms with E-state index in [0.29, 0.717) is 39.9 Å². The number of nitrogens with one attached hydrogen (secondary N) is 1. The quantitative estimate of drug-likeness (QED) is 0.251. The molecule has 1 aliphatic heterocycles. The molecule has 8 heteroatoms. The summed E-state index contributed by atoms with van der Waals surface area (Å²) in [7, 11) is 0. The second-order valence-electron chi connectivity index (χ2n) is 9.22. The zero-order valence-electron chi connectivity index (χ0n) is 20.6. The molecule has 2 N–H and O–H groups in total. The first-order valence-electron chi connectivity index (χ1n) is 12.2. The molecule has 6 nitrogen and oxygen atoms in total. The Morgan fingerprint density at radius 2 is 1.95 bits per heavy atom. The van der Waals surface area contributed by atoms with Crippen LogP contribution < -0.4 is 4.74 Å². The number of H-pyrrole nitrogens is 1. The van der Waals surface area contributed by atoms with Gasteiger partial charge in [0.15, 0.2) is 0 Å². The number of aromatic nitrogens is 2. The number of aryl methyl sites for hydroxylation is 1. The van der Waals surface area contributed by atoms with Gasteiger partial charge in [-0.2, -0.15) is 5.10 Å². The Kier molecular flexibility index (Phi) is 6.89. The Hall–Kier alpha value is -3.84. The van der Waals surface area contributed by atoms with E-state index in [1.165, 1.54) is 12.1 Å². The third-order valence-corrected chi connectivity index (χ3v) is 7.01. The van der Waals surface area contributed by atoms with Gasteiger partial charge in [-0.1, -0.05) is 49.2 Å². The molecule has 1 atom stereocenters. The van der Waals surface area contributed by atoms with Crippen LogP contribution in [0.5, 0.6) is 11.5 Å². The number of rotatable bonds is 8. The van der Waals surface area contributed by atoms with Gasteiger partial charge in [-0.3, -0.25) is 9.89 Å². The van der Waals surface area contributed by atoms with E-state index in [-0.39, 0.29) is 24.0 Å². The molecule has 190 valence electrons. The zero-order valence-corrected chi connectivity index (χ0v) is 21.3. The number of unbranched alkanes of at least 4 members (excludes halogenated alkanes) is 1. The van der Waals surface area contributed by atoms with Crippen molar-refractivity contribution in [1.29, 1.82) is 0 Å². The summed E-state index contributed by atoms with van der Waals surface area (Å²) in [5.41, 5.74) is 4.23. The van der Waals surface area contributed by atoms with Crippen molar-refractivity contribution < 1.29 is 19.0 Å². The summed E-state index contributed by atoms with van der Waals surface area (Å²) in [5, 5.41) is 18.6. The maximum absolute atomic E-state index is 13.7. The van der Waals surface area contributed by atoms with Crippen LogP contribution in [0.25, 0.3) is 11.3 Å². The number of ether oxygens (including phenoxy) is 1. The summed E-state index contributed by atoms with van der Waals surface area (Å²) in [5.74, 6) is 0.155. The molecule has 0 aliphatic carbocycles. The average Bonchev–Trinajstić information content (AvgIpc) is 3.42. The maximum Gasteiger partial charge on any atom is 0.273 e. The van der Waals surface area contributed by atoms with Gasteiger partial charge >= 0.3 is 0 Å². The van der Waals surface area contributed by atoms with E-state index in [9.17, 15) is 14.3 Å². The number of nitrogens with zero attached hydrogens (tertiary/aromatic N) is 2. The molecule has 0 bridgehead atoms. The van der Waals surface area contributed by atoms with Crippen LogP contribution >= 0.6 is 11.6 Å². The van der Waals surface area contributed by atoms with E-state index in [1.54, 1.807) is 29.2 Å². The number of fused-ring (bicyclic) bond motifs is 1. The summed E-state index contributed by atoms with van der Waals surface area (Å²) in [4.78, 5) is 15.4. The van der Waals surface area contributed by atoms with E-state index < -0.39 is 6.04 Å². The van der Waals surface area contributed by atoms with Gasteiger partial charge in [0.05, 0.1) is 12.6 Å². The van der Waals surface area contributed by atoms with E-state index in [4.69, 9.17) is 16.3 Å². The second-order valence-corrected chi connectivity index (χ2v) is 9.62. The first-order valence-corrected chi connectivity index (χ1v) is 12.6. The Morgan fingerprint density at radius 3 is 2.70 bits per heavy atom. The number of halogens is 2. The minimum absolute atomic E-state index is 0.0241. The fourth-order valence-corrected chi connectivity index (χ4v) is 4.83. The van der Waals surface area contributed by atoms with Crippen molar-refractivity contribution in [2.24, 2.45) is 0 Å². The molecule has 4 aromatic rings. The molecular weight excluding hydrogens is 493 g/mol. The molecule has 1 aromatic heterocycles. The summed E-state index contributed by atoms with van der Waals surface area (Å²) in [6.07, 6.45) is 1.96. The van der Waals surface area contributed by atoms with Crippen LogP contribution in [0.4, 0.5) is 4.39 Å². The molecule has 0 saturated carbocycles. The Morgan fingerprint density at radius 1 is 1.16 bits per heavy atom. The van der Waals surface area contributed by atoms with E-state index >= 15 is 0 Å². The van der Waals surface area contributed by atoms with Gasteiger partial charge in [0.1, 0.15) is 28.7 Å². The monoisotopic (exact) mass is 519 g/mol. The van der Waals surface area contributed by atoms with Gasteiger partial charge in [-0.15, -0.1) is 0 Å². The smallest absolute Gasteiger partial charge is 0.273 e. The van der Waals surface area contributed by atoms with Crippen molar-refractivity contribution in [3.8, 4) is 22.8 Å². The minimum Gasteiger partial charge on any atom is -0.507 e. The predicted octanol–water partition coefficient (Wildman–Crippen LogP) is 6.81. The van der Waals surface area contributed by atoms with Crippen LogP contribution in [0, 0.1) is 12.7 Å². The number of carbonyl (C=O) groups is 1. The van der Waals surface area contributed by atoms with Crippen molar-refractivity contribution in [2.75, 3.05) is 6.61 Å². The SMILES string of the molecule is CCCCOc1cccc(C2c3c(-c4cc(Cl)c(C)cc4O)n[nH]c3C(=O)N2Cc2ccc(F)cc2)c1. The molecule has 37 heavy (non-hydrogen) atoms. The number of aromatic hydroxyl groups is 1. The normalized spacial score (nSPS) is 14.8. The average molecular weight is 520 g/mol. The van der Waals surface area contributed by atoms with Gasteiger partial charge in [-0.05, 0) is 66.4 Å². The molecule has 5 rings (SSSR count). The number of hydrogen-bond acceptors (Lipinski definition) is 4. The Balaban J connectivity index is 1.62. The minimum atomic E-state index is -0.518. The number of hydrogen-bond donors (Lipinski definition) is 2. The largest absolute Gasteiger partial charge is 0.507 e. The molecule has 0 radical (unpaired) electrons. The van der Waals surface area contributed by atoms with Gasteiger partial charge in [0.2, 0.25) is 0 Å². The highest BCUT2D eigenvalue weighted by molar-refractivity contribution is 6.31. The zero-order chi connectivity index (χ0) is 26.1. The summed E-state index contributed by atoms with van der Waals surface area (Å²) < 4.78 is 19.5. The third kappa shape index (κ3) is 4.79. The summed E-state index contributed by atoms with van der Waals surface area (Å²) in [6.45, 7) is 4.77. The van der Waals surface area contributed by atoms with Crippen LogP contribution in [0.15, 0.2) is 60.7 Å². The topological polar surface area (TPSA) is 78.5 Å².